The molecule has 0 bridgehead atoms. The maximum atomic E-state index is 13.2. The Morgan fingerprint density at radius 1 is 0.889 bits per heavy atom. The Kier molecular flexibility index (Phi) is 6.30. The largest absolute Gasteiger partial charge is 0.361 e. The Morgan fingerprint density at radius 2 is 1.50 bits per heavy atom. The number of aryl methyl sites for hydroxylation is 3. The molecule has 36 heavy (non-hydrogen) atoms. The Balaban J connectivity index is 1.21. The van der Waals surface area contributed by atoms with Crippen molar-refractivity contribution in [2.75, 3.05) is 26.2 Å². The van der Waals surface area contributed by atoms with Gasteiger partial charge in [-0.25, -0.2) is 14.6 Å². The molecule has 186 valence electrons. The van der Waals surface area contributed by atoms with E-state index < -0.39 is 0 Å². The summed E-state index contributed by atoms with van der Waals surface area (Å²) in [5.74, 6) is 0.660. The Hall–Kier alpha value is -4.01. The Bertz CT molecular complexity index is 1420. The number of hydrogen-bond acceptors (Lipinski definition) is 5. The summed E-state index contributed by atoms with van der Waals surface area (Å²) in [5.41, 5.74) is 6.37. The number of carbonyl (C=O) groups is 2. The molecule has 3 aromatic heterocycles. The van der Waals surface area contributed by atoms with Gasteiger partial charge in [0, 0.05) is 65.9 Å². The summed E-state index contributed by atoms with van der Waals surface area (Å²) in [7, 11) is 0. The molecule has 9 nitrogen and oxygen atoms in total. The van der Waals surface area contributed by atoms with Crippen molar-refractivity contribution < 1.29 is 9.59 Å². The SMILES string of the molecule is Cc1cc(C)nc(-n2nc(C)c(CC(=O)N3CCN(C(=O)Cc4c[nH]c5ccccc45)CC3)c2C)n1. The van der Waals surface area contributed by atoms with Crippen molar-refractivity contribution in [1.29, 1.82) is 0 Å². The molecule has 0 unspecified atom stereocenters. The smallest absolute Gasteiger partial charge is 0.251 e. The van der Waals surface area contributed by atoms with Gasteiger partial charge in [0.2, 0.25) is 11.8 Å². The van der Waals surface area contributed by atoms with E-state index in [0.29, 0.717) is 38.5 Å². The van der Waals surface area contributed by atoms with Crippen LogP contribution in [-0.4, -0.2) is 72.5 Å². The molecule has 2 amide bonds. The number of piperazine rings is 1. The molecule has 1 saturated heterocycles. The minimum Gasteiger partial charge on any atom is -0.361 e. The third kappa shape index (κ3) is 4.60. The van der Waals surface area contributed by atoms with E-state index in [1.165, 1.54) is 0 Å². The monoisotopic (exact) mass is 485 g/mol. The van der Waals surface area contributed by atoms with Gasteiger partial charge in [0.25, 0.3) is 5.95 Å². The highest BCUT2D eigenvalue weighted by Crippen LogP contribution is 2.20. The summed E-state index contributed by atoms with van der Waals surface area (Å²) in [6.07, 6.45) is 2.54. The van der Waals surface area contributed by atoms with Crippen LogP contribution in [0, 0.1) is 27.7 Å². The van der Waals surface area contributed by atoms with Crippen LogP contribution in [-0.2, 0) is 22.4 Å². The van der Waals surface area contributed by atoms with E-state index in [9.17, 15) is 9.59 Å². The van der Waals surface area contributed by atoms with Gasteiger partial charge in [-0.05, 0) is 45.4 Å². The molecular weight excluding hydrogens is 454 g/mol. The predicted octanol–water partition coefficient (Wildman–Crippen LogP) is 2.83. The fourth-order valence-corrected chi connectivity index (χ4v) is 4.95. The van der Waals surface area contributed by atoms with E-state index >= 15 is 0 Å². The van der Waals surface area contributed by atoms with E-state index in [0.717, 1.165) is 44.8 Å². The lowest BCUT2D eigenvalue weighted by Gasteiger charge is -2.35. The number of para-hydroxylation sites is 1. The van der Waals surface area contributed by atoms with Gasteiger partial charge in [0.15, 0.2) is 0 Å². The zero-order valence-corrected chi connectivity index (χ0v) is 21.2. The average molecular weight is 486 g/mol. The number of nitrogens with zero attached hydrogens (tertiary/aromatic N) is 6. The molecular formula is C27H31N7O2. The molecule has 0 atom stereocenters. The van der Waals surface area contributed by atoms with Crippen molar-refractivity contribution in [1.82, 2.24) is 34.5 Å². The van der Waals surface area contributed by atoms with Crippen molar-refractivity contribution in [3.05, 3.63) is 70.4 Å². The number of H-pyrrole nitrogens is 1. The first-order valence-corrected chi connectivity index (χ1v) is 12.3. The van der Waals surface area contributed by atoms with E-state index in [2.05, 4.69) is 20.1 Å². The first-order chi connectivity index (χ1) is 17.3. The van der Waals surface area contributed by atoms with Crippen molar-refractivity contribution >= 4 is 22.7 Å². The summed E-state index contributed by atoms with van der Waals surface area (Å²) in [4.78, 5) is 42.0. The van der Waals surface area contributed by atoms with Crippen LogP contribution in [0.4, 0.5) is 0 Å². The summed E-state index contributed by atoms with van der Waals surface area (Å²) in [6.45, 7) is 9.87. The van der Waals surface area contributed by atoms with Gasteiger partial charge in [-0.1, -0.05) is 18.2 Å². The quantitative estimate of drug-likeness (QED) is 0.469. The molecule has 9 heteroatoms. The molecule has 1 aromatic carbocycles. The van der Waals surface area contributed by atoms with Gasteiger partial charge in [-0.15, -0.1) is 0 Å². The van der Waals surface area contributed by atoms with Gasteiger partial charge in [0.05, 0.1) is 18.5 Å². The summed E-state index contributed by atoms with van der Waals surface area (Å²) in [5, 5.41) is 5.70. The first kappa shape index (κ1) is 23.7. The minimum atomic E-state index is 0.0471. The first-order valence-electron chi connectivity index (χ1n) is 12.3. The average Bonchev–Trinajstić information content (AvgIpc) is 3.39. The molecule has 0 spiro atoms. The molecule has 5 rings (SSSR count). The lowest BCUT2D eigenvalue weighted by atomic mass is 10.1. The maximum absolute atomic E-state index is 13.2. The standard InChI is InChI=1S/C27H31N7O2/c1-17-13-18(2)30-27(29-17)34-20(4)23(19(3)31-34)15-26(36)33-11-9-32(10-12-33)25(35)14-21-16-28-24-8-6-5-7-22(21)24/h5-8,13,16,28H,9-12,14-15H2,1-4H3. The molecule has 0 saturated carbocycles. The van der Waals surface area contributed by atoms with Crippen LogP contribution in [0.1, 0.15) is 33.9 Å². The molecule has 0 aliphatic carbocycles. The fraction of sp³-hybridized carbons (Fsp3) is 0.370. The van der Waals surface area contributed by atoms with Gasteiger partial charge in [-0.3, -0.25) is 9.59 Å². The highest BCUT2D eigenvalue weighted by Gasteiger charge is 2.26. The van der Waals surface area contributed by atoms with Crippen LogP contribution in [0.5, 0.6) is 0 Å². The van der Waals surface area contributed by atoms with Crippen molar-refractivity contribution in [3.8, 4) is 5.95 Å². The second-order valence-electron chi connectivity index (χ2n) is 9.49. The van der Waals surface area contributed by atoms with Crippen molar-refractivity contribution in [2.45, 2.75) is 40.5 Å². The van der Waals surface area contributed by atoms with E-state index in [4.69, 9.17) is 0 Å². The maximum Gasteiger partial charge on any atom is 0.251 e. The number of fused-ring (bicyclic) bond motifs is 1. The summed E-state index contributed by atoms with van der Waals surface area (Å²) >= 11 is 0. The fourth-order valence-electron chi connectivity index (χ4n) is 4.95. The van der Waals surface area contributed by atoms with Gasteiger partial charge in [0.1, 0.15) is 0 Å². The van der Waals surface area contributed by atoms with Crippen LogP contribution in [0.2, 0.25) is 0 Å². The van der Waals surface area contributed by atoms with Crippen LogP contribution < -0.4 is 0 Å². The van der Waals surface area contributed by atoms with Gasteiger partial charge < -0.3 is 14.8 Å². The second kappa shape index (κ2) is 9.56. The predicted molar refractivity (Wildman–Crippen MR) is 137 cm³/mol. The number of amides is 2. The van der Waals surface area contributed by atoms with E-state index in [1.807, 2.05) is 74.0 Å². The number of aromatic nitrogens is 5. The zero-order valence-electron chi connectivity index (χ0n) is 21.2. The highest BCUT2D eigenvalue weighted by molar-refractivity contribution is 5.89. The molecule has 1 fully saturated rings. The minimum absolute atomic E-state index is 0.0471. The van der Waals surface area contributed by atoms with Gasteiger partial charge >= 0.3 is 0 Å². The number of carbonyl (C=O) groups excluding carboxylic acids is 2. The van der Waals surface area contributed by atoms with Crippen LogP contribution in [0.25, 0.3) is 16.9 Å². The number of aromatic amines is 1. The van der Waals surface area contributed by atoms with Crippen molar-refractivity contribution in [3.63, 3.8) is 0 Å². The number of benzene rings is 1. The molecule has 1 aliphatic heterocycles. The van der Waals surface area contributed by atoms with Gasteiger partial charge in [-0.2, -0.15) is 5.10 Å². The van der Waals surface area contributed by atoms with Crippen LogP contribution in [0.15, 0.2) is 36.5 Å². The third-order valence-corrected chi connectivity index (χ3v) is 6.93. The lowest BCUT2D eigenvalue weighted by Crippen LogP contribution is -2.51. The summed E-state index contributed by atoms with van der Waals surface area (Å²) < 4.78 is 1.72. The van der Waals surface area contributed by atoms with E-state index in [-0.39, 0.29) is 18.2 Å². The van der Waals surface area contributed by atoms with Crippen LogP contribution >= 0.6 is 0 Å². The number of nitrogens with one attached hydrogen (secondary N) is 1. The van der Waals surface area contributed by atoms with E-state index in [1.54, 1.807) is 4.68 Å². The zero-order chi connectivity index (χ0) is 25.4. The molecule has 0 radical (unpaired) electrons. The molecule has 4 aromatic rings. The number of hydrogen-bond donors (Lipinski definition) is 1. The summed E-state index contributed by atoms with van der Waals surface area (Å²) in [6, 6.07) is 9.92. The lowest BCUT2D eigenvalue weighted by molar-refractivity contribution is -0.138. The third-order valence-electron chi connectivity index (χ3n) is 6.93. The Morgan fingerprint density at radius 3 is 2.17 bits per heavy atom. The molecule has 1 N–H and O–H groups in total. The second-order valence-corrected chi connectivity index (χ2v) is 9.49. The van der Waals surface area contributed by atoms with Crippen molar-refractivity contribution in [2.24, 2.45) is 0 Å². The highest BCUT2D eigenvalue weighted by atomic mass is 16.2. The molecule has 4 heterocycles. The molecule has 1 aliphatic rings. The topological polar surface area (TPSA) is 100 Å². The Labute approximate surface area is 210 Å². The van der Waals surface area contributed by atoms with Crippen LogP contribution in [0.3, 0.4) is 0 Å². The number of rotatable bonds is 5. The normalized spacial score (nSPS) is 14.0.